The van der Waals surface area contributed by atoms with Gasteiger partial charge in [-0.05, 0) is 48.9 Å². The Balaban J connectivity index is 1.32. The topological polar surface area (TPSA) is 25.8 Å². The molecule has 24 heavy (non-hydrogen) atoms. The smallest absolute Gasteiger partial charge is 0.0299 e. The molecule has 0 fully saturated rings. The first kappa shape index (κ1) is 18.6. The lowest BCUT2D eigenvalue weighted by Crippen LogP contribution is -1.88. The summed E-state index contributed by atoms with van der Waals surface area (Å²) in [6.45, 7) is 0. The molecule has 2 heteroatoms. The van der Waals surface area contributed by atoms with Crippen LogP contribution in [0, 0.1) is 0 Å². The highest BCUT2D eigenvalue weighted by Crippen LogP contribution is 2.13. The number of aryl methyl sites for hydroxylation is 2. The highest BCUT2D eigenvalue weighted by molar-refractivity contribution is 5.08. The molecular formula is C22H32N2. The molecule has 0 radical (unpaired) electrons. The highest BCUT2D eigenvalue weighted by atomic mass is 14.6. The molecule has 0 saturated carbocycles. The Morgan fingerprint density at radius 1 is 0.500 bits per heavy atom. The van der Waals surface area contributed by atoms with Gasteiger partial charge in [-0.2, -0.15) is 0 Å². The van der Waals surface area contributed by atoms with E-state index in [4.69, 9.17) is 0 Å². The van der Waals surface area contributed by atoms with E-state index in [0.717, 1.165) is 0 Å². The van der Waals surface area contributed by atoms with E-state index >= 15 is 0 Å². The number of unbranched alkanes of at least 4 members (excludes halogenated alkanes) is 9. The Bertz CT molecular complexity index is 461. The van der Waals surface area contributed by atoms with Gasteiger partial charge in [0, 0.05) is 24.8 Å². The maximum Gasteiger partial charge on any atom is 0.0299 e. The molecule has 130 valence electrons. The van der Waals surface area contributed by atoms with Crippen molar-refractivity contribution in [1.82, 2.24) is 9.97 Å². The van der Waals surface area contributed by atoms with Gasteiger partial charge in [0.15, 0.2) is 0 Å². The lowest BCUT2D eigenvalue weighted by Gasteiger charge is -2.03. The average molecular weight is 325 g/mol. The zero-order valence-corrected chi connectivity index (χ0v) is 15.0. The van der Waals surface area contributed by atoms with Gasteiger partial charge in [0.2, 0.25) is 0 Å². The van der Waals surface area contributed by atoms with E-state index < -0.39 is 0 Å². The Morgan fingerprint density at radius 3 is 1.21 bits per heavy atom. The second-order valence-electron chi connectivity index (χ2n) is 6.76. The van der Waals surface area contributed by atoms with Crippen molar-refractivity contribution in [2.24, 2.45) is 0 Å². The third-order valence-corrected chi connectivity index (χ3v) is 4.63. The van der Waals surface area contributed by atoms with E-state index in [2.05, 4.69) is 22.1 Å². The number of pyridine rings is 2. The van der Waals surface area contributed by atoms with Gasteiger partial charge in [-0.25, -0.2) is 0 Å². The van der Waals surface area contributed by atoms with Crippen molar-refractivity contribution in [2.45, 2.75) is 77.0 Å². The lowest BCUT2D eigenvalue weighted by atomic mass is 10.0. The maximum atomic E-state index is 4.17. The number of hydrogen-bond donors (Lipinski definition) is 0. The average Bonchev–Trinajstić information content (AvgIpc) is 2.64. The minimum atomic E-state index is 1.19. The normalized spacial score (nSPS) is 10.8. The van der Waals surface area contributed by atoms with Crippen LogP contribution in [0.5, 0.6) is 0 Å². The Labute approximate surface area is 147 Å². The van der Waals surface area contributed by atoms with Gasteiger partial charge >= 0.3 is 0 Å². The summed E-state index contributed by atoms with van der Waals surface area (Å²) >= 11 is 0. The third kappa shape index (κ3) is 8.81. The van der Waals surface area contributed by atoms with Gasteiger partial charge in [-0.1, -0.05) is 63.5 Å². The fraction of sp³-hybridized carbons (Fsp3) is 0.545. The van der Waals surface area contributed by atoms with E-state index in [1.807, 2.05) is 36.9 Å². The maximum absolute atomic E-state index is 4.17. The van der Waals surface area contributed by atoms with Crippen LogP contribution in [0.25, 0.3) is 0 Å². The fourth-order valence-corrected chi connectivity index (χ4v) is 3.16. The van der Waals surface area contributed by atoms with E-state index in [-0.39, 0.29) is 0 Å². The molecule has 2 heterocycles. The Hall–Kier alpha value is -1.70. The molecule has 0 bridgehead atoms. The van der Waals surface area contributed by atoms with Crippen LogP contribution >= 0.6 is 0 Å². The molecule has 0 unspecified atom stereocenters. The fourth-order valence-electron chi connectivity index (χ4n) is 3.16. The number of rotatable bonds is 13. The molecule has 0 aliphatic heterocycles. The van der Waals surface area contributed by atoms with Gasteiger partial charge in [0.1, 0.15) is 0 Å². The van der Waals surface area contributed by atoms with Crippen LogP contribution in [0.1, 0.15) is 75.3 Å². The zero-order valence-electron chi connectivity index (χ0n) is 15.0. The summed E-state index contributed by atoms with van der Waals surface area (Å²) in [7, 11) is 0. The molecule has 0 spiro atoms. The molecule has 0 aliphatic rings. The first-order valence-electron chi connectivity index (χ1n) is 9.73. The summed E-state index contributed by atoms with van der Waals surface area (Å²) in [6.07, 6.45) is 23.8. The molecule has 0 amide bonds. The third-order valence-electron chi connectivity index (χ3n) is 4.63. The molecule has 2 aromatic heterocycles. The SMILES string of the molecule is c1cncc(CCCCCCCCCCCCc2cccnc2)c1. The van der Waals surface area contributed by atoms with Crippen LogP contribution < -0.4 is 0 Å². The molecule has 2 rings (SSSR count). The summed E-state index contributed by atoms with van der Waals surface area (Å²) in [4.78, 5) is 8.34. The molecule has 0 aromatic carbocycles. The summed E-state index contributed by atoms with van der Waals surface area (Å²) in [5.41, 5.74) is 2.76. The van der Waals surface area contributed by atoms with Gasteiger partial charge in [0.05, 0.1) is 0 Å². The van der Waals surface area contributed by atoms with E-state index in [1.165, 1.54) is 88.2 Å². The van der Waals surface area contributed by atoms with Gasteiger partial charge < -0.3 is 0 Å². The quantitative estimate of drug-likeness (QED) is 0.412. The van der Waals surface area contributed by atoms with Crippen LogP contribution in [0.3, 0.4) is 0 Å². The van der Waals surface area contributed by atoms with Crippen LogP contribution in [0.4, 0.5) is 0 Å². The van der Waals surface area contributed by atoms with Crippen molar-refractivity contribution in [3.8, 4) is 0 Å². The summed E-state index contributed by atoms with van der Waals surface area (Å²) in [5.74, 6) is 0. The second kappa shape index (κ2) is 12.7. The van der Waals surface area contributed by atoms with Crippen LogP contribution in [-0.2, 0) is 12.8 Å². The molecule has 2 aromatic rings. The van der Waals surface area contributed by atoms with Crippen molar-refractivity contribution in [2.75, 3.05) is 0 Å². The summed E-state index contributed by atoms with van der Waals surface area (Å²) in [6, 6.07) is 8.43. The molecule has 0 aliphatic carbocycles. The van der Waals surface area contributed by atoms with Crippen molar-refractivity contribution in [3.63, 3.8) is 0 Å². The van der Waals surface area contributed by atoms with Crippen molar-refractivity contribution >= 4 is 0 Å². The van der Waals surface area contributed by atoms with E-state index in [9.17, 15) is 0 Å². The van der Waals surface area contributed by atoms with Gasteiger partial charge in [-0.15, -0.1) is 0 Å². The lowest BCUT2D eigenvalue weighted by molar-refractivity contribution is 0.551. The second-order valence-corrected chi connectivity index (χ2v) is 6.76. The molecule has 0 atom stereocenters. The minimum absolute atomic E-state index is 1.19. The number of hydrogen-bond acceptors (Lipinski definition) is 2. The first-order chi connectivity index (χ1) is 11.9. The van der Waals surface area contributed by atoms with E-state index in [1.54, 1.807) is 0 Å². The largest absolute Gasteiger partial charge is 0.264 e. The molecule has 0 saturated heterocycles. The summed E-state index contributed by atoms with van der Waals surface area (Å²) in [5, 5.41) is 0. The standard InChI is InChI=1S/C22H32N2/c1(3-5-7-9-13-21-15-11-17-23-19-21)2-4-6-8-10-14-22-16-12-18-24-20-22/h11-12,15-20H,1-10,13-14H2. The molecule has 0 N–H and O–H groups in total. The van der Waals surface area contributed by atoms with Crippen LogP contribution in [-0.4, -0.2) is 9.97 Å². The van der Waals surface area contributed by atoms with Gasteiger partial charge in [-0.3, -0.25) is 9.97 Å². The predicted molar refractivity (Wildman–Crippen MR) is 102 cm³/mol. The highest BCUT2D eigenvalue weighted by Gasteiger charge is 1.96. The number of nitrogens with zero attached hydrogens (tertiary/aromatic N) is 2. The first-order valence-corrected chi connectivity index (χ1v) is 9.73. The Morgan fingerprint density at radius 2 is 0.875 bits per heavy atom. The minimum Gasteiger partial charge on any atom is -0.264 e. The Kier molecular flexibility index (Phi) is 9.85. The zero-order chi connectivity index (χ0) is 16.7. The van der Waals surface area contributed by atoms with Crippen molar-refractivity contribution in [3.05, 3.63) is 60.2 Å². The van der Waals surface area contributed by atoms with Crippen molar-refractivity contribution in [1.29, 1.82) is 0 Å². The predicted octanol–water partition coefficient (Wildman–Crippen LogP) is 6.16. The molecule has 2 nitrogen and oxygen atoms in total. The summed E-state index contributed by atoms with van der Waals surface area (Å²) < 4.78 is 0. The van der Waals surface area contributed by atoms with Crippen molar-refractivity contribution < 1.29 is 0 Å². The number of aromatic nitrogens is 2. The van der Waals surface area contributed by atoms with E-state index in [0.29, 0.717) is 0 Å². The molecular weight excluding hydrogens is 292 g/mol. The van der Waals surface area contributed by atoms with Crippen LogP contribution in [0.2, 0.25) is 0 Å². The van der Waals surface area contributed by atoms with Gasteiger partial charge in [0.25, 0.3) is 0 Å². The monoisotopic (exact) mass is 324 g/mol. The van der Waals surface area contributed by atoms with Crippen LogP contribution in [0.15, 0.2) is 49.1 Å².